The summed E-state index contributed by atoms with van der Waals surface area (Å²) in [6.45, 7) is 8.39. The van der Waals surface area contributed by atoms with Gasteiger partial charge in [-0.05, 0) is 31.9 Å². The number of carbonyl (C=O) groups excluding carboxylic acids is 3. The van der Waals surface area contributed by atoms with E-state index in [0.29, 0.717) is 11.1 Å². The summed E-state index contributed by atoms with van der Waals surface area (Å²) in [6.07, 6.45) is -4.75. The standard InChI is InChI=1S/C25H31N5O10S/c1-11-7-12(2)21(13(3)8-11)41(34,35)40-23-18-22(28-25(26)29-23)30(10-27-18)24-20(38-16(6)33)19(37-15(5)32)17(39-24)9-36-14(4)31/h7-8,10,17,19-20,23-24H,9H2,1-6H3,(H3,26,28,29)/t17-,19-,20-,23?,24?/m1/s1. The molecule has 2 aliphatic heterocycles. The molecule has 3 N–H and O–H groups in total. The monoisotopic (exact) mass is 593 g/mol. The molecule has 4 rings (SSSR count). The highest BCUT2D eigenvalue weighted by molar-refractivity contribution is 7.86. The van der Waals surface area contributed by atoms with Gasteiger partial charge in [-0.2, -0.15) is 8.42 Å². The molecule has 2 unspecified atom stereocenters. The largest absolute Gasteiger partial charge is 0.463 e. The first-order valence-electron chi connectivity index (χ1n) is 12.5. The minimum Gasteiger partial charge on any atom is -0.463 e. The minimum atomic E-state index is -4.33. The molecule has 5 atom stereocenters. The Morgan fingerprint density at radius 2 is 1.63 bits per heavy atom. The molecule has 0 saturated carbocycles. The first-order valence-corrected chi connectivity index (χ1v) is 13.9. The van der Waals surface area contributed by atoms with Crippen molar-refractivity contribution in [2.24, 2.45) is 10.7 Å². The highest BCUT2D eigenvalue weighted by Gasteiger charge is 2.51. The molecular weight excluding hydrogens is 562 g/mol. The van der Waals surface area contributed by atoms with Crippen molar-refractivity contribution in [3.05, 3.63) is 40.8 Å². The van der Waals surface area contributed by atoms with Crippen LogP contribution in [-0.4, -0.2) is 66.8 Å². The van der Waals surface area contributed by atoms with E-state index in [9.17, 15) is 22.8 Å². The van der Waals surface area contributed by atoms with Gasteiger partial charge in [0.15, 0.2) is 24.4 Å². The molecule has 0 bridgehead atoms. The number of benzene rings is 1. The van der Waals surface area contributed by atoms with Crippen molar-refractivity contribution >= 4 is 39.8 Å². The normalized spacial score (nSPS) is 23.7. The van der Waals surface area contributed by atoms with E-state index >= 15 is 0 Å². The molecule has 3 heterocycles. The average molecular weight is 594 g/mol. The summed E-state index contributed by atoms with van der Waals surface area (Å²) in [6, 6.07) is 3.45. The fourth-order valence-corrected chi connectivity index (χ4v) is 6.31. The van der Waals surface area contributed by atoms with Gasteiger partial charge in [-0.25, -0.2) is 14.2 Å². The topological polar surface area (TPSA) is 200 Å². The molecule has 41 heavy (non-hydrogen) atoms. The number of imidazole rings is 1. The molecule has 222 valence electrons. The van der Waals surface area contributed by atoms with Gasteiger partial charge in [0.25, 0.3) is 10.1 Å². The number of carbonyl (C=O) groups is 3. The van der Waals surface area contributed by atoms with E-state index in [0.717, 1.165) is 12.5 Å². The third-order valence-corrected chi connectivity index (χ3v) is 7.83. The molecule has 0 aliphatic carbocycles. The van der Waals surface area contributed by atoms with E-state index in [4.69, 9.17) is 28.9 Å². The van der Waals surface area contributed by atoms with Gasteiger partial charge in [0.05, 0.1) is 11.2 Å². The van der Waals surface area contributed by atoms with E-state index in [-0.39, 0.29) is 29.0 Å². The summed E-state index contributed by atoms with van der Waals surface area (Å²) >= 11 is 0. The zero-order valence-corrected chi connectivity index (χ0v) is 24.1. The van der Waals surface area contributed by atoms with Crippen LogP contribution >= 0.6 is 0 Å². The second kappa shape index (κ2) is 11.5. The van der Waals surface area contributed by atoms with Crippen LogP contribution in [0.2, 0.25) is 0 Å². The van der Waals surface area contributed by atoms with Crippen LogP contribution in [0.1, 0.15) is 55.6 Å². The molecule has 15 nitrogen and oxygen atoms in total. The Morgan fingerprint density at radius 1 is 1.02 bits per heavy atom. The third kappa shape index (κ3) is 6.34. The Kier molecular flexibility index (Phi) is 8.37. The maximum atomic E-state index is 13.4. The lowest BCUT2D eigenvalue weighted by molar-refractivity contribution is -0.166. The van der Waals surface area contributed by atoms with Crippen LogP contribution in [0, 0.1) is 20.8 Å². The molecule has 2 aliphatic rings. The maximum absolute atomic E-state index is 13.4. The Balaban J connectivity index is 1.71. The van der Waals surface area contributed by atoms with E-state index in [1.165, 1.54) is 24.7 Å². The van der Waals surface area contributed by atoms with Gasteiger partial charge in [0.1, 0.15) is 24.2 Å². The summed E-state index contributed by atoms with van der Waals surface area (Å²) in [5.74, 6) is -2.05. The maximum Gasteiger partial charge on any atom is 0.303 e. The van der Waals surface area contributed by atoms with E-state index in [1.807, 2.05) is 6.92 Å². The van der Waals surface area contributed by atoms with Gasteiger partial charge in [-0.15, -0.1) is 0 Å². The van der Waals surface area contributed by atoms with Crippen molar-refractivity contribution in [2.45, 2.75) is 77.2 Å². The summed E-state index contributed by atoms with van der Waals surface area (Å²) < 4.78 is 55.6. The number of fused-ring (bicyclic) bond motifs is 1. The van der Waals surface area contributed by atoms with Crippen LogP contribution in [0.4, 0.5) is 5.82 Å². The molecule has 1 aromatic heterocycles. The van der Waals surface area contributed by atoms with Crippen LogP contribution in [0.3, 0.4) is 0 Å². The van der Waals surface area contributed by atoms with Gasteiger partial charge in [-0.3, -0.25) is 19.0 Å². The first kappa shape index (κ1) is 30.0. The molecule has 0 spiro atoms. The number of aromatic nitrogens is 2. The van der Waals surface area contributed by atoms with E-state index in [2.05, 4.69) is 15.3 Å². The molecular formula is C25H31N5O10S. The average Bonchev–Trinajstić information content (AvgIpc) is 3.37. The highest BCUT2D eigenvalue weighted by atomic mass is 32.2. The van der Waals surface area contributed by atoms with E-state index in [1.54, 1.807) is 26.0 Å². The molecule has 0 radical (unpaired) electrons. The van der Waals surface area contributed by atoms with Crippen LogP contribution < -0.4 is 11.1 Å². The fourth-order valence-electron chi connectivity index (χ4n) is 4.93. The number of aliphatic imine (C=N–C) groups is 1. The SMILES string of the molecule is CC(=O)OC[C@H]1OC(n2cnc3c2NC(N)=NC3OS(=O)(=O)c2c(C)cc(C)cc2C)[C@H](OC(C)=O)[C@@H]1OC(C)=O. The number of guanidine groups is 1. The number of nitrogens with two attached hydrogens (primary N) is 1. The predicted molar refractivity (Wildman–Crippen MR) is 141 cm³/mol. The number of anilines is 1. The zero-order chi connectivity index (χ0) is 30.2. The van der Waals surface area contributed by atoms with Crippen LogP contribution in [-0.2, 0) is 47.6 Å². The second-order valence-corrected chi connectivity index (χ2v) is 11.2. The quantitative estimate of drug-likeness (QED) is 0.252. The van der Waals surface area contributed by atoms with Crippen LogP contribution in [0.5, 0.6) is 0 Å². The predicted octanol–water partition coefficient (Wildman–Crippen LogP) is 1.28. The number of nitrogens with zero attached hydrogens (tertiary/aromatic N) is 3. The smallest absolute Gasteiger partial charge is 0.303 e. The lowest BCUT2D eigenvalue weighted by Gasteiger charge is -2.26. The summed E-state index contributed by atoms with van der Waals surface area (Å²) in [7, 11) is -4.33. The van der Waals surface area contributed by atoms with Crippen molar-refractivity contribution in [3.8, 4) is 0 Å². The lowest BCUT2D eigenvalue weighted by atomic mass is 10.1. The van der Waals surface area contributed by atoms with Gasteiger partial charge >= 0.3 is 17.9 Å². The molecule has 1 saturated heterocycles. The molecule has 0 amide bonds. The highest BCUT2D eigenvalue weighted by Crippen LogP contribution is 2.40. The third-order valence-electron chi connectivity index (χ3n) is 6.25. The summed E-state index contributed by atoms with van der Waals surface area (Å²) in [4.78, 5) is 43.7. The van der Waals surface area contributed by atoms with Crippen molar-refractivity contribution in [2.75, 3.05) is 11.9 Å². The molecule has 16 heteroatoms. The van der Waals surface area contributed by atoms with Gasteiger partial charge in [0.2, 0.25) is 6.23 Å². The Hall–Kier alpha value is -4.02. The number of aryl methyl sites for hydroxylation is 3. The first-order chi connectivity index (χ1) is 19.2. The zero-order valence-electron chi connectivity index (χ0n) is 23.2. The number of rotatable bonds is 8. The number of ether oxygens (including phenoxy) is 4. The van der Waals surface area contributed by atoms with Crippen molar-refractivity contribution in [1.82, 2.24) is 9.55 Å². The summed E-state index contributed by atoms with van der Waals surface area (Å²) in [5.41, 5.74) is 7.92. The summed E-state index contributed by atoms with van der Waals surface area (Å²) in [5, 5.41) is 2.81. The van der Waals surface area contributed by atoms with Crippen molar-refractivity contribution in [3.63, 3.8) is 0 Å². The Bertz CT molecular complexity index is 1500. The van der Waals surface area contributed by atoms with Gasteiger partial charge in [-0.1, -0.05) is 17.7 Å². The van der Waals surface area contributed by atoms with Gasteiger partial charge < -0.3 is 30.0 Å². The second-order valence-electron chi connectivity index (χ2n) is 9.67. The van der Waals surface area contributed by atoms with Crippen LogP contribution in [0.25, 0.3) is 0 Å². The number of esters is 3. The minimum absolute atomic E-state index is 0.00275. The number of nitrogens with one attached hydrogen (secondary N) is 1. The van der Waals surface area contributed by atoms with Gasteiger partial charge in [0, 0.05) is 20.8 Å². The Labute approximate surface area is 236 Å². The fraction of sp³-hybridized carbons (Fsp3) is 0.480. The lowest BCUT2D eigenvalue weighted by Crippen LogP contribution is -2.40. The molecule has 1 aromatic carbocycles. The number of hydrogen-bond donors (Lipinski definition) is 2. The van der Waals surface area contributed by atoms with Crippen molar-refractivity contribution in [1.29, 1.82) is 0 Å². The Morgan fingerprint density at radius 3 is 2.22 bits per heavy atom. The number of hydrogen-bond acceptors (Lipinski definition) is 14. The molecule has 2 aromatic rings. The van der Waals surface area contributed by atoms with E-state index < -0.39 is 58.8 Å². The van der Waals surface area contributed by atoms with Crippen molar-refractivity contribution < 1.29 is 45.9 Å². The molecule has 1 fully saturated rings. The van der Waals surface area contributed by atoms with Crippen LogP contribution in [0.15, 0.2) is 28.3 Å².